The number of hydrogen-bond donors (Lipinski definition) is 5. The van der Waals surface area contributed by atoms with Gasteiger partial charge in [-0.25, -0.2) is 4.79 Å². The fourth-order valence-corrected chi connectivity index (χ4v) is 1.70. The van der Waals surface area contributed by atoms with Gasteiger partial charge in [0.2, 0.25) is 5.91 Å². The van der Waals surface area contributed by atoms with E-state index < -0.39 is 47.6 Å². The maximum Gasteiger partial charge on any atom is 0.327 e. The van der Waals surface area contributed by atoms with E-state index in [-0.39, 0.29) is 12.3 Å². The highest BCUT2D eigenvalue weighted by Gasteiger charge is 2.33. The predicted molar refractivity (Wildman–Crippen MR) is 70.0 cm³/mol. The van der Waals surface area contributed by atoms with E-state index in [0.29, 0.717) is 0 Å². The van der Waals surface area contributed by atoms with Gasteiger partial charge in [-0.2, -0.15) is 0 Å². The topological polar surface area (TPSA) is 176 Å². The van der Waals surface area contributed by atoms with Crippen molar-refractivity contribution in [1.29, 1.82) is 0 Å². The van der Waals surface area contributed by atoms with Crippen LogP contribution in [0.15, 0.2) is 0 Å². The molecule has 0 aliphatic carbocycles. The number of carbonyl (C=O) groups is 3. The Hall–Kier alpha value is -1.75. The first-order valence-corrected chi connectivity index (χ1v) is 6.22. The third-order valence-electron chi connectivity index (χ3n) is 2.68. The SMILES string of the molecule is CC(C)CC(N)C(=O)NC(C(=O)O)C(CC(=O)O)N([O-])O. The predicted octanol–water partition coefficient (Wildman–Crippen LogP) is -1.04. The summed E-state index contributed by atoms with van der Waals surface area (Å²) in [6, 6.07) is -4.76. The molecule has 0 rings (SSSR count). The Balaban J connectivity index is 5.00. The number of carboxylic acids is 2. The third kappa shape index (κ3) is 6.99. The maximum atomic E-state index is 11.8. The van der Waals surface area contributed by atoms with Gasteiger partial charge in [-0.3, -0.25) is 14.8 Å². The Morgan fingerprint density at radius 1 is 1.29 bits per heavy atom. The molecule has 1 amide bonds. The molecule has 0 spiro atoms. The number of amides is 1. The molecule has 21 heavy (non-hydrogen) atoms. The molecular formula is C11H20N3O7-. The molecule has 0 radical (unpaired) electrons. The Morgan fingerprint density at radius 2 is 1.81 bits per heavy atom. The van der Waals surface area contributed by atoms with Gasteiger partial charge in [0, 0.05) is 0 Å². The molecule has 3 atom stereocenters. The van der Waals surface area contributed by atoms with Crippen LogP contribution in [0, 0.1) is 11.1 Å². The molecule has 0 aromatic carbocycles. The van der Waals surface area contributed by atoms with Crippen molar-refractivity contribution in [3.8, 4) is 0 Å². The Bertz CT molecular complexity index is 386. The van der Waals surface area contributed by atoms with Crippen molar-refractivity contribution in [1.82, 2.24) is 10.5 Å². The monoisotopic (exact) mass is 306 g/mol. The van der Waals surface area contributed by atoms with Crippen molar-refractivity contribution in [3.63, 3.8) is 0 Å². The van der Waals surface area contributed by atoms with Gasteiger partial charge in [0.15, 0.2) is 0 Å². The summed E-state index contributed by atoms with van der Waals surface area (Å²) >= 11 is 0. The number of hydrogen-bond acceptors (Lipinski definition) is 7. The average Bonchev–Trinajstić information content (AvgIpc) is 2.31. The molecule has 0 aromatic heterocycles. The molecule has 0 saturated carbocycles. The van der Waals surface area contributed by atoms with E-state index in [9.17, 15) is 19.6 Å². The van der Waals surface area contributed by atoms with Crippen LogP contribution in [0.3, 0.4) is 0 Å². The average molecular weight is 306 g/mol. The zero-order chi connectivity index (χ0) is 16.7. The van der Waals surface area contributed by atoms with E-state index in [1.807, 2.05) is 19.2 Å². The van der Waals surface area contributed by atoms with Gasteiger partial charge >= 0.3 is 11.9 Å². The number of nitrogens with two attached hydrogens (primary N) is 1. The molecule has 0 bridgehead atoms. The second kappa shape index (κ2) is 8.52. The molecule has 122 valence electrons. The normalized spacial score (nSPS) is 15.6. The molecule has 0 saturated heterocycles. The van der Waals surface area contributed by atoms with Crippen LogP contribution in [-0.4, -0.2) is 56.6 Å². The number of carboxylic acid groups (broad SMARTS) is 2. The second-order valence-corrected chi connectivity index (χ2v) is 5.03. The molecule has 0 aliphatic rings. The second-order valence-electron chi connectivity index (χ2n) is 5.03. The summed E-state index contributed by atoms with van der Waals surface area (Å²) in [6.07, 6.45) is -0.682. The molecule has 0 heterocycles. The first kappa shape index (κ1) is 19.2. The summed E-state index contributed by atoms with van der Waals surface area (Å²) in [6.45, 7) is 3.62. The highest BCUT2D eigenvalue weighted by atomic mass is 16.8. The number of nitrogens with one attached hydrogen (secondary N) is 1. The highest BCUT2D eigenvalue weighted by Crippen LogP contribution is 2.09. The van der Waals surface area contributed by atoms with Crippen LogP contribution in [0.5, 0.6) is 0 Å². The van der Waals surface area contributed by atoms with Gasteiger partial charge in [0.05, 0.1) is 18.5 Å². The summed E-state index contributed by atoms with van der Waals surface area (Å²) in [5, 5.41) is 38.6. The van der Waals surface area contributed by atoms with Gasteiger partial charge in [-0.1, -0.05) is 13.8 Å². The lowest BCUT2D eigenvalue weighted by Crippen LogP contribution is -2.57. The van der Waals surface area contributed by atoms with Gasteiger partial charge < -0.3 is 31.7 Å². The minimum Gasteiger partial charge on any atom is -0.762 e. The molecule has 0 aliphatic heterocycles. The smallest absolute Gasteiger partial charge is 0.327 e. The van der Waals surface area contributed by atoms with E-state index in [2.05, 4.69) is 0 Å². The van der Waals surface area contributed by atoms with Crippen molar-refractivity contribution < 1.29 is 29.8 Å². The molecule has 10 heteroatoms. The van der Waals surface area contributed by atoms with Crippen molar-refractivity contribution in [3.05, 3.63) is 5.21 Å². The van der Waals surface area contributed by atoms with Gasteiger partial charge in [-0.15, -0.1) is 0 Å². The number of nitrogens with zero attached hydrogens (tertiary/aromatic N) is 1. The number of aliphatic carboxylic acids is 2. The largest absolute Gasteiger partial charge is 0.762 e. The molecular weight excluding hydrogens is 286 g/mol. The first-order valence-electron chi connectivity index (χ1n) is 6.22. The van der Waals surface area contributed by atoms with Crippen LogP contribution in [0.1, 0.15) is 26.7 Å². The fourth-order valence-electron chi connectivity index (χ4n) is 1.70. The highest BCUT2D eigenvalue weighted by molar-refractivity contribution is 5.87. The summed E-state index contributed by atoms with van der Waals surface area (Å²) in [7, 11) is 0. The van der Waals surface area contributed by atoms with Crippen LogP contribution >= 0.6 is 0 Å². The lowest BCUT2D eigenvalue weighted by Gasteiger charge is -2.34. The lowest BCUT2D eigenvalue weighted by atomic mass is 10.0. The van der Waals surface area contributed by atoms with Crippen LogP contribution < -0.4 is 11.1 Å². The van der Waals surface area contributed by atoms with Crippen LogP contribution in [0.2, 0.25) is 0 Å². The standard InChI is InChI=1S/C11H20N3O7/c1-5(2)3-6(12)10(17)13-9(11(18)19)7(14(20)21)4-8(15)16/h5-7,9,20H,3-4,12H2,1-2H3,(H,13,17)(H,15,16)(H,18,19)/q-1. The Morgan fingerprint density at radius 3 is 2.14 bits per heavy atom. The first-order chi connectivity index (χ1) is 9.56. The van der Waals surface area contributed by atoms with E-state index in [4.69, 9.17) is 21.2 Å². The minimum absolute atomic E-state index is 0.0812. The molecule has 6 N–H and O–H groups in total. The molecule has 10 nitrogen and oxygen atoms in total. The zero-order valence-corrected chi connectivity index (χ0v) is 11.7. The van der Waals surface area contributed by atoms with Crippen LogP contribution in [0.25, 0.3) is 0 Å². The number of hydroxylamine groups is 2. The molecule has 0 fully saturated rings. The zero-order valence-electron chi connectivity index (χ0n) is 11.7. The number of carbonyl (C=O) groups excluding carboxylic acids is 1. The Kier molecular flexibility index (Phi) is 7.81. The van der Waals surface area contributed by atoms with Crippen LogP contribution in [0.4, 0.5) is 0 Å². The van der Waals surface area contributed by atoms with E-state index in [1.165, 1.54) is 0 Å². The fraction of sp³-hybridized carbons (Fsp3) is 0.727. The van der Waals surface area contributed by atoms with Gasteiger partial charge in [0.25, 0.3) is 0 Å². The van der Waals surface area contributed by atoms with Crippen LogP contribution in [-0.2, 0) is 14.4 Å². The van der Waals surface area contributed by atoms with Crippen molar-refractivity contribution in [2.45, 2.75) is 44.8 Å². The van der Waals surface area contributed by atoms with E-state index >= 15 is 0 Å². The quantitative estimate of drug-likeness (QED) is 0.333. The summed E-state index contributed by atoms with van der Waals surface area (Å²) in [5.74, 6) is -3.91. The van der Waals surface area contributed by atoms with E-state index in [0.717, 1.165) is 0 Å². The maximum absolute atomic E-state index is 11.8. The summed E-state index contributed by atoms with van der Waals surface area (Å²) < 4.78 is 0. The molecule has 3 unspecified atom stereocenters. The molecule has 0 aromatic rings. The minimum atomic E-state index is -1.89. The summed E-state index contributed by atoms with van der Waals surface area (Å²) in [4.78, 5) is 33.4. The third-order valence-corrected chi connectivity index (χ3v) is 2.68. The Labute approximate surface area is 121 Å². The van der Waals surface area contributed by atoms with Crippen molar-refractivity contribution in [2.75, 3.05) is 0 Å². The number of rotatable bonds is 9. The van der Waals surface area contributed by atoms with Gasteiger partial charge in [-0.05, 0) is 12.3 Å². The van der Waals surface area contributed by atoms with Crippen molar-refractivity contribution >= 4 is 17.8 Å². The van der Waals surface area contributed by atoms with Crippen molar-refractivity contribution in [2.24, 2.45) is 11.7 Å². The summed E-state index contributed by atoms with van der Waals surface area (Å²) in [5.41, 5.74) is 5.57. The van der Waals surface area contributed by atoms with Gasteiger partial charge in [0.1, 0.15) is 6.04 Å². The van der Waals surface area contributed by atoms with E-state index in [1.54, 1.807) is 0 Å². The lowest BCUT2D eigenvalue weighted by molar-refractivity contribution is -0.156.